The van der Waals surface area contributed by atoms with Crippen LogP contribution in [0.4, 0.5) is 11.4 Å². The van der Waals surface area contributed by atoms with E-state index in [9.17, 15) is 10.1 Å². The van der Waals surface area contributed by atoms with Gasteiger partial charge in [-0.15, -0.1) is 0 Å². The number of rotatable bonds is 4. The van der Waals surface area contributed by atoms with Crippen molar-refractivity contribution >= 4 is 17.3 Å². The SMILES string of the molecule is COc1ccccc1NC(=O)C1CCN(c2cc(C)nc(C)c2C#N)CC1. The molecule has 1 saturated heterocycles. The summed E-state index contributed by atoms with van der Waals surface area (Å²) in [6.45, 7) is 5.27. The van der Waals surface area contributed by atoms with Crippen molar-refractivity contribution in [3.8, 4) is 11.8 Å². The summed E-state index contributed by atoms with van der Waals surface area (Å²) >= 11 is 0. The predicted octanol–water partition coefficient (Wildman–Crippen LogP) is 3.43. The first kappa shape index (κ1) is 18.7. The number of aromatic nitrogens is 1. The highest BCUT2D eigenvalue weighted by molar-refractivity contribution is 5.94. The third kappa shape index (κ3) is 4.03. The lowest BCUT2D eigenvalue weighted by Crippen LogP contribution is -2.38. The largest absolute Gasteiger partial charge is 0.495 e. The number of pyridine rings is 1. The van der Waals surface area contributed by atoms with E-state index in [1.165, 1.54) is 0 Å². The summed E-state index contributed by atoms with van der Waals surface area (Å²) in [5.41, 5.74) is 3.89. The molecule has 0 unspecified atom stereocenters. The lowest BCUT2D eigenvalue weighted by molar-refractivity contribution is -0.120. The lowest BCUT2D eigenvalue weighted by Gasteiger charge is -2.33. The number of piperidine rings is 1. The fourth-order valence-electron chi connectivity index (χ4n) is 3.56. The number of ether oxygens (including phenoxy) is 1. The maximum Gasteiger partial charge on any atom is 0.227 e. The van der Waals surface area contributed by atoms with Gasteiger partial charge in [0.25, 0.3) is 0 Å². The van der Waals surface area contributed by atoms with Crippen LogP contribution in [0.15, 0.2) is 30.3 Å². The molecule has 0 radical (unpaired) electrons. The summed E-state index contributed by atoms with van der Waals surface area (Å²) in [4.78, 5) is 19.2. The molecule has 0 spiro atoms. The summed E-state index contributed by atoms with van der Waals surface area (Å²) in [6.07, 6.45) is 1.48. The van der Waals surface area contributed by atoms with Crippen LogP contribution in [0.25, 0.3) is 0 Å². The molecule has 1 fully saturated rings. The Hall–Kier alpha value is -3.07. The second kappa shape index (κ2) is 8.09. The van der Waals surface area contributed by atoms with Gasteiger partial charge in [0.05, 0.1) is 29.7 Å². The number of nitrogens with zero attached hydrogens (tertiary/aromatic N) is 3. The summed E-state index contributed by atoms with van der Waals surface area (Å²) in [7, 11) is 1.59. The molecule has 1 aliphatic rings. The number of carbonyl (C=O) groups excluding carboxylic acids is 1. The zero-order valence-corrected chi connectivity index (χ0v) is 16.0. The number of benzene rings is 1. The number of aryl methyl sites for hydroxylation is 2. The Morgan fingerprint density at radius 1 is 1.30 bits per heavy atom. The van der Waals surface area contributed by atoms with Crippen LogP contribution >= 0.6 is 0 Å². The molecule has 0 aliphatic carbocycles. The van der Waals surface area contributed by atoms with E-state index in [-0.39, 0.29) is 11.8 Å². The van der Waals surface area contributed by atoms with Gasteiger partial charge in [0.1, 0.15) is 11.8 Å². The van der Waals surface area contributed by atoms with Gasteiger partial charge in [0.2, 0.25) is 5.91 Å². The van der Waals surface area contributed by atoms with Gasteiger partial charge in [-0.3, -0.25) is 9.78 Å². The zero-order valence-electron chi connectivity index (χ0n) is 16.0. The van der Waals surface area contributed by atoms with Crippen molar-refractivity contribution in [1.29, 1.82) is 5.26 Å². The first-order chi connectivity index (χ1) is 13.0. The molecule has 0 saturated carbocycles. The number of nitrogens with one attached hydrogen (secondary N) is 1. The van der Waals surface area contributed by atoms with Crippen LogP contribution in [-0.4, -0.2) is 31.1 Å². The van der Waals surface area contributed by atoms with Crippen molar-refractivity contribution in [2.75, 3.05) is 30.4 Å². The third-order valence-corrected chi connectivity index (χ3v) is 4.99. The van der Waals surface area contributed by atoms with Crippen molar-refractivity contribution in [3.05, 3.63) is 47.3 Å². The topological polar surface area (TPSA) is 78.2 Å². The minimum Gasteiger partial charge on any atom is -0.495 e. The molecule has 27 heavy (non-hydrogen) atoms. The third-order valence-electron chi connectivity index (χ3n) is 4.99. The molecule has 140 valence electrons. The molecular weight excluding hydrogens is 340 g/mol. The molecular formula is C21H24N4O2. The molecule has 1 aromatic heterocycles. The average molecular weight is 364 g/mol. The molecule has 2 aromatic rings. The average Bonchev–Trinajstić information content (AvgIpc) is 2.68. The number of methoxy groups -OCH3 is 1. The Bertz CT molecular complexity index is 880. The second-order valence-corrected chi connectivity index (χ2v) is 6.81. The van der Waals surface area contributed by atoms with E-state index in [0.717, 1.165) is 43.0 Å². The second-order valence-electron chi connectivity index (χ2n) is 6.81. The Kier molecular flexibility index (Phi) is 5.60. The molecule has 6 heteroatoms. The van der Waals surface area contributed by atoms with Crippen molar-refractivity contribution in [2.45, 2.75) is 26.7 Å². The predicted molar refractivity (Wildman–Crippen MR) is 105 cm³/mol. The van der Waals surface area contributed by atoms with Crippen LogP contribution < -0.4 is 15.0 Å². The molecule has 1 aliphatic heterocycles. The Labute approximate surface area is 159 Å². The minimum absolute atomic E-state index is 0.0155. The first-order valence-corrected chi connectivity index (χ1v) is 9.10. The van der Waals surface area contributed by atoms with E-state index in [4.69, 9.17) is 4.74 Å². The number of amides is 1. The molecule has 0 atom stereocenters. The molecule has 1 aromatic carbocycles. The number of anilines is 2. The van der Waals surface area contributed by atoms with Gasteiger partial charge in [0, 0.05) is 24.7 Å². The highest BCUT2D eigenvalue weighted by Crippen LogP contribution is 2.30. The van der Waals surface area contributed by atoms with Gasteiger partial charge in [-0.2, -0.15) is 5.26 Å². The van der Waals surface area contributed by atoms with E-state index in [1.54, 1.807) is 7.11 Å². The molecule has 3 rings (SSSR count). The number of para-hydroxylation sites is 2. The van der Waals surface area contributed by atoms with Crippen LogP contribution in [0.2, 0.25) is 0 Å². The van der Waals surface area contributed by atoms with Gasteiger partial charge in [-0.25, -0.2) is 0 Å². The molecule has 0 bridgehead atoms. The first-order valence-electron chi connectivity index (χ1n) is 9.10. The summed E-state index contributed by atoms with van der Waals surface area (Å²) in [5.74, 6) is 0.618. The highest BCUT2D eigenvalue weighted by Gasteiger charge is 2.27. The van der Waals surface area contributed by atoms with Gasteiger partial charge >= 0.3 is 0 Å². The van der Waals surface area contributed by atoms with Crippen molar-refractivity contribution in [3.63, 3.8) is 0 Å². The zero-order chi connectivity index (χ0) is 19.4. The summed E-state index contributed by atoms with van der Waals surface area (Å²) in [5, 5.41) is 12.5. The van der Waals surface area contributed by atoms with E-state index < -0.39 is 0 Å². The minimum atomic E-state index is -0.0549. The van der Waals surface area contributed by atoms with Gasteiger partial charge < -0.3 is 15.0 Å². The number of hydrogen-bond acceptors (Lipinski definition) is 5. The summed E-state index contributed by atoms with van der Waals surface area (Å²) < 4.78 is 5.30. The number of carbonyl (C=O) groups is 1. The summed E-state index contributed by atoms with van der Waals surface area (Å²) in [6, 6.07) is 11.6. The lowest BCUT2D eigenvalue weighted by atomic mass is 9.94. The van der Waals surface area contributed by atoms with Crippen molar-refractivity contribution in [1.82, 2.24) is 4.98 Å². The fourth-order valence-corrected chi connectivity index (χ4v) is 3.56. The molecule has 1 N–H and O–H groups in total. The van der Waals surface area contributed by atoms with Crippen LogP contribution in [0.3, 0.4) is 0 Å². The monoisotopic (exact) mass is 364 g/mol. The normalized spacial score (nSPS) is 14.5. The van der Waals surface area contributed by atoms with Crippen molar-refractivity contribution in [2.24, 2.45) is 5.92 Å². The Balaban J connectivity index is 1.67. The van der Waals surface area contributed by atoms with Gasteiger partial charge in [-0.05, 0) is 44.9 Å². The van der Waals surface area contributed by atoms with Gasteiger partial charge in [-0.1, -0.05) is 12.1 Å². The van der Waals surface area contributed by atoms with Crippen LogP contribution in [0.5, 0.6) is 5.75 Å². The van der Waals surface area contributed by atoms with Crippen LogP contribution in [-0.2, 0) is 4.79 Å². The van der Waals surface area contributed by atoms with E-state index >= 15 is 0 Å². The van der Waals surface area contributed by atoms with E-state index in [2.05, 4.69) is 21.3 Å². The smallest absolute Gasteiger partial charge is 0.227 e. The standard InChI is InChI=1S/C21H24N4O2/c1-14-12-19(17(13-22)15(2)23-14)25-10-8-16(9-11-25)21(26)24-18-6-4-5-7-20(18)27-3/h4-7,12,16H,8-11H2,1-3H3,(H,24,26). The number of nitriles is 1. The molecule has 6 nitrogen and oxygen atoms in total. The fraction of sp³-hybridized carbons (Fsp3) is 0.381. The quantitative estimate of drug-likeness (QED) is 0.899. The molecule has 1 amide bonds. The number of hydrogen-bond donors (Lipinski definition) is 1. The van der Waals surface area contributed by atoms with E-state index in [1.807, 2.05) is 44.2 Å². The molecule has 2 heterocycles. The maximum atomic E-state index is 12.7. The Morgan fingerprint density at radius 2 is 2.00 bits per heavy atom. The Morgan fingerprint density at radius 3 is 2.67 bits per heavy atom. The van der Waals surface area contributed by atoms with Crippen LogP contribution in [0, 0.1) is 31.1 Å². The van der Waals surface area contributed by atoms with Gasteiger partial charge in [0.15, 0.2) is 0 Å². The van der Waals surface area contributed by atoms with Crippen molar-refractivity contribution < 1.29 is 9.53 Å². The maximum absolute atomic E-state index is 12.7. The highest BCUT2D eigenvalue weighted by atomic mass is 16.5. The van der Waals surface area contributed by atoms with Crippen LogP contribution in [0.1, 0.15) is 29.8 Å². The van der Waals surface area contributed by atoms with E-state index in [0.29, 0.717) is 17.0 Å².